The van der Waals surface area contributed by atoms with E-state index in [1.807, 2.05) is 66.9 Å². The molecule has 0 saturated heterocycles. The first-order valence-electron chi connectivity index (χ1n) is 8.70. The number of benzene rings is 2. The molecular formula is C21H17ClN4OS. The number of rotatable bonds is 5. The van der Waals surface area contributed by atoms with Crippen LogP contribution < -0.4 is 5.32 Å². The third-order valence-corrected chi connectivity index (χ3v) is 5.37. The Morgan fingerprint density at radius 2 is 1.89 bits per heavy atom. The molecule has 0 fully saturated rings. The van der Waals surface area contributed by atoms with Gasteiger partial charge in [-0.25, -0.2) is 9.67 Å². The molecule has 0 saturated carbocycles. The van der Waals surface area contributed by atoms with Crippen LogP contribution in [0.25, 0.3) is 16.4 Å². The van der Waals surface area contributed by atoms with Crippen molar-refractivity contribution in [2.24, 2.45) is 0 Å². The minimum atomic E-state index is -0.0742. The molecule has 0 radical (unpaired) electrons. The lowest BCUT2D eigenvalue weighted by molar-refractivity contribution is -0.115. The van der Waals surface area contributed by atoms with E-state index >= 15 is 0 Å². The van der Waals surface area contributed by atoms with Crippen LogP contribution in [0.3, 0.4) is 0 Å². The van der Waals surface area contributed by atoms with Crippen LogP contribution in [-0.4, -0.2) is 20.7 Å². The largest absolute Gasteiger partial charge is 0.323 e. The number of carbonyl (C=O) groups excluding carboxylic acids is 1. The van der Waals surface area contributed by atoms with Crippen LogP contribution in [0, 0.1) is 6.92 Å². The number of thiazole rings is 1. The third kappa shape index (κ3) is 3.98. The zero-order valence-electron chi connectivity index (χ0n) is 15.1. The molecule has 5 nitrogen and oxygen atoms in total. The summed E-state index contributed by atoms with van der Waals surface area (Å²) in [6.45, 7) is 1.91. The predicted octanol–water partition coefficient (Wildman–Crippen LogP) is 5.14. The quantitative estimate of drug-likeness (QED) is 0.497. The summed E-state index contributed by atoms with van der Waals surface area (Å²) in [4.78, 5) is 17.0. The molecule has 2 heterocycles. The number of amides is 1. The molecule has 0 unspecified atom stereocenters. The molecule has 0 aliphatic carbocycles. The topological polar surface area (TPSA) is 59.8 Å². The lowest BCUT2D eigenvalue weighted by atomic mass is 10.1. The fraction of sp³-hybridized carbons (Fsp3) is 0.0952. The second-order valence-electron chi connectivity index (χ2n) is 6.29. The number of carbonyl (C=O) groups is 1. The third-order valence-electron chi connectivity index (χ3n) is 4.30. The fourth-order valence-corrected chi connectivity index (χ4v) is 3.78. The highest BCUT2D eigenvalue weighted by atomic mass is 35.5. The maximum absolute atomic E-state index is 12.3. The van der Waals surface area contributed by atoms with Crippen molar-refractivity contribution in [1.29, 1.82) is 0 Å². The zero-order chi connectivity index (χ0) is 19.5. The van der Waals surface area contributed by atoms with Gasteiger partial charge in [-0.05, 0) is 24.6 Å². The minimum Gasteiger partial charge on any atom is -0.323 e. The first-order valence-corrected chi connectivity index (χ1v) is 9.96. The Morgan fingerprint density at radius 1 is 1.14 bits per heavy atom. The number of hydrogen-bond donors (Lipinski definition) is 1. The number of anilines is 1. The van der Waals surface area contributed by atoms with Crippen molar-refractivity contribution in [2.75, 3.05) is 5.32 Å². The highest BCUT2D eigenvalue weighted by molar-refractivity contribution is 7.12. The van der Waals surface area contributed by atoms with E-state index < -0.39 is 0 Å². The summed E-state index contributed by atoms with van der Waals surface area (Å²) in [5, 5.41) is 10.7. The van der Waals surface area contributed by atoms with Gasteiger partial charge < -0.3 is 5.32 Å². The highest BCUT2D eigenvalue weighted by Gasteiger charge is 2.14. The number of halogens is 1. The SMILES string of the molecule is Cc1c(NC(=O)Cc2ccccc2)cnn1-c1nc(-c2ccc(Cl)cc2)cs1. The Morgan fingerprint density at radius 3 is 2.64 bits per heavy atom. The second-order valence-corrected chi connectivity index (χ2v) is 7.56. The molecular weight excluding hydrogens is 392 g/mol. The molecule has 140 valence electrons. The average molecular weight is 409 g/mol. The Labute approximate surface area is 171 Å². The van der Waals surface area contributed by atoms with Gasteiger partial charge >= 0.3 is 0 Å². The molecule has 2 aromatic carbocycles. The molecule has 0 aliphatic rings. The highest BCUT2D eigenvalue weighted by Crippen LogP contribution is 2.27. The summed E-state index contributed by atoms with van der Waals surface area (Å²) in [5.74, 6) is -0.0742. The van der Waals surface area contributed by atoms with Crippen molar-refractivity contribution in [3.63, 3.8) is 0 Å². The molecule has 4 rings (SSSR count). The first kappa shape index (κ1) is 18.4. The summed E-state index contributed by atoms with van der Waals surface area (Å²) in [5.41, 5.74) is 4.34. The predicted molar refractivity (Wildman–Crippen MR) is 113 cm³/mol. The van der Waals surface area contributed by atoms with Crippen LogP contribution in [0.4, 0.5) is 5.69 Å². The Hall–Kier alpha value is -2.96. The van der Waals surface area contributed by atoms with E-state index in [4.69, 9.17) is 11.6 Å². The average Bonchev–Trinajstić information content (AvgIpc) is 3.31. The van der Waals surface area contributed by atoms with Crippen LogP contribution in [0.1, 0.15) is 11.3 Å². The number of nitrogens with one attached hydrogen (secondary N) is 1. The normalized spacial score (nSPS) is 10.8. The van der Waals surface area contributed by atoms with E-state index in [1.165, 1.54) is 11.3 Å². The molecule has 2 aromatic heterocycles. The Kier molecular flexibility index (Phi) is 5.23. The lowest BCUT2D eigenvalue weighted by Crippen LogP contribution is -2.14. The van der Waals surface area contributed by atoms with Gasteiger partial charge in [-0.3, -0.25) is 4.79 Å². The molecule has 28 heavy (non-hydrogen) atoms. The number of hydrogen-bond acceptors (Lipinski definition) is 4. The molecule has 7 heteroatoms. The van der Waals surface area contributed by atoms with E-state index in [0.29, 0.717) is 17.1 Å². The number of aromatic nitrogens is 3. The monoisotopic (exact) mass is 408 g/mol. The summed E-state index contributed by atoms with van der Waals surface area (Å²) in [6.07, 6.45) is 1.98. The van der Waals surface area contributed by atoms with Crippen LogP contribution >= 0.6 is 22.9 Å². The first-order chi connectivity index (χ1) is 13.6. The molecule has 0 aliphatic heterocycles. The molecule has 0 atom stereocenters. The van der Waals surface area contributed by atoms with Crippen molar-refractivity contribution in [1.82, 2.24) is 14.8 Å². The van der Waals surface area contributed by atoms with Gasteiger partial charge in [0.15, 0.2) is 0 Å². The maximum atomic E-state index is 12.3. The molecule has 1 N–H and O–H groups in total. The molecule has 0 bridgehead atoms. The zero-order valence-corrected chi connectivity index (χ0v) is 16.7. The maximum Gasteiger partial charge on any atom is 0.228 e. The van der Waals surface area contributed by atoms with Crippen molar-refractivity contribution in [3.05, 3.63) is 82.5 Å². The van der Waals surface area contributed by atoms with Crippen LogP contribution in [-0.2, 0) is 11.2 Å². The van der Waals surface area contributed by atoms with Gasteiger partial charge in [0, 0.05) is 16.0 Å². The van der Waals surface area contributed by atoms with E-state index in [1.54, 1.807) is 10.9 Å². The van der Waals surface area contributed by atoms with Gasteiger partial charge in [0.1, 0.15) is 0 Å². The summed E-state index contributed by atoms with van der Waals surface area (Å²) in [6, 6.07) is 17.2. The van der Waals surface area contributed by atoms with Crippen molar-refractivity contribution >= 4 is 34.5 Å². The van der Waals surface area contributed by atoms with E-state index in [2.05, 4.69) is 15.4 Å². The Bertz CT molecular complexity index is 1100. The van der Waals surface area contributed by atoms with Crippen molar-refractivity contribution in [2.45, 2.75) is 13.3 Å². The standard InChI is InChI=1S/C21H17ClN4OS/c1-14-18(24-20(27)11-15-5-3-2-4-6-15)12-23-26(14)21-25-19(13-28-21)16-7-9-17(22)10-8-16/h2-10,12-13H,11H2,1H3,(H,24,27). The van der Waals surface area contributed by atoms with Gasteiger partial charge in [-0.2, -0.15) is 5.10 Å². The summed E-state index contributed by atoms with van der Waals surface area (Å²) < 4.78 is 1.74. The summed E-state index contributed by atoms with van der Waals surface area (Å²) in [7, 11) is 0. The van der Waals surface area contributed by atoms with Crippen LogP contribution in [0.2, 0.25) is 5.02 Å². The lowest BCUT2D eigenvalue weighted by Gasteiger charge is -2.05. The minimum absolute atomic E-state index is 0.0742. The van der Waals surface area contributed by atoms with E-state index in [9.17, 15) is 4.79 Å². The molecule has 1 amide bonds. The number of nitrogens with zero attached hydrogens (tertiary/aromatic N) is 3. The van der Waals surface area contributed by atoms with Gasteiger partial charge in [0.25, 0.3) is 0 Å². The van der Waals surface area contributed by atoms with Crippen LogP contribution in [0.5, 0.6) is 0 Å². The van der Waals surface area contributed by atoms with Gasteiger partial charge in [-0.15, -0.1) is 11.3 Å². The summed E-state index contributed by atoms with van der Waals surface area (Å²) >= 11 is 7.44. The van der Waals surface area contributed by atoms with E-state index in [-0.39, 0.29) is 5.91 Å². The Balaban J connectivity index is 1.51. The van der Waals surface area contributed by atoms with Crippen LogP contribution in [0.15, 0.2) is 66.2 Å². The van der Waals surface area contributed by atoms with Crippen molar-refractivity contribution < 1.29 is 4.79 Å². The molecule has 4 aromatic rings. The second kappa shape index (κ2) is 7.96. The van der Waals surface area contributed by atoms with Gasteiger partial charge in [0.2, 0.25) is 11.0 Å². The van der Waals surface area contributed by atoms with Gasteiger partial charge in [0.05, 0.1) is 29.7 Å². The van der Waals surface area contributed by atoms with Crippen molar-refractivity contribution in [3.8, 4) is 16.4 Å². The van der Waals surface area contributed by atoms with Gasteiger partial charge in [-0.1, -0.05) is 54.1 Å². The smallest absolute Gasteiger partial charge is 0.228 e. The van der Waals surface area contributed by atoms with E-state index in [0.717, 1.165) is 27.6 Å². The fourth-order valence-electron chi connectivity index (χ4n) is 2.82. The molecule has 0 spiro atoms.